The van der Waals surface area contributed by atoms with Gasteiger partial charge in [-0.05, 0) is 43.9 Å². The molecule has 1 aliphatic heterocycles. The predicted molar refractivity (Wildman–Crippen MR) is 145 cm³/mol. The summed E-state index contributed by atoms with van der Waals surface area (Å²) in [5.41, 5.74) is 6.18. The van der Waals surface area contributed by atoms with Crippen LogP contribution in [0.2, 0.25) is 0 Å². The molecular formula is C27H31N9O. The first-order chi connectivity index (χ1) is 18.1. The van der Waals surface area contributed by atoms with Crippen LogP contribution in [0.5, 0.6) is 0 Å². The molecule has 1 amide bonds. The molecule has 0 saturated carbocycles. The van der Waals surface area contributed by atoms with E-state index >= 15 is 0 Å². The summed E-state index contributed by atoms with van der Waals surface area (Å²) >= 11 is 0. The minimum absolute atomic E-state index is 0.0766. The summed E-state index contributed by atoms with van der Waals surface area (Å²) < 4.78 is 1.77. The minimum atomic E-state index is 0.0766. The Morgan fingerprint density at radius 2 is 1.78 bits per heavy atom. The lowest BCUT2D eigenvalue weighted by atomic mass is 10.1. The minimum Gasteiger partial charge on any atom is -0.336 e. The average Bonchev–Trinajstić information content (AvgIpc) is 3.38. The molecule has 0 bridgehead atoms. The molecular weight excluding hydrogens is 466 g/mol. The Bertz CT molecular complexity index is 1360. The van der Waals surface area contributed by atoms with Crippen molar-refractivity contribution in [1.82, 2.24) is 34.4 Å². The monoisotopic (exact) mass is 497 g/mol. The first-order valence-corrected chi connectivity index (χ1v) is 12.4. The van der Waals surface area contributed by atoms with Crippen LogP contribution >= 0.6 is 0 Å². The molecule has 5 rings (SSSR count). The van der Waals surface area contributed by atoms with E-state index in [0.29, 0.717) is 17.0 Å². The van der Waals surface area contributed by atoms with Crippen molar-refractivity contribution in [3.8, 4) is 5.69 Å². The molecule has 0 aliphatic carbocycles. The molecule has 1 saturated heterocycles. The number of nitrogens with one attached hydrogen (secondary N) is 1. The summed E-state index contributed by atoms with van der Waals surface area (Å²) in [6.07, 6.45) is 4.92. The van der Waals surface area contributed by atoms with Crippen LogP contribution in [0.3, 0.4) is 0 Å². The average molecular weight is 498 g/mol. The van der Waals surface area contributed by atoms with E-state index in [-0.39, 0.29) is 5.91 Å². The van der Waals surface area contributed by atoms with E-state index in [9.17, 15) is 4.79 Å². The Morgan fingerprint density at radius 1 is 1.03 bits per heavy atom. The second-order valence-electron chi connectivity index (χ2n) is 9.28. The Morgan fingerprint density at radius 3 is 2.51 bits per heavy atom. The molecule has 0 spiro atoms. The van der Waals surface area contributed by atoms with Crippen LogP contribution in [0.4, 0.5) is 5.82 Å². The number of fused-ring (bicyclic) bond motifs is 1. The molecule has 37 heavy (non-hydrogen) atoms. The number of nitrogens with zero attached hydrogens (tertiary/aromatic N) is 8. The van der Waals surface area contributed by atoms with Gasteiger partial charge in [-0.25, -0.2) is 14.6 Å². The molecule has 1 fully saturated rings. The number of anilines is 1. The fraction of sp³-hybridized carbons (Fsp3) is 0.296. The fourth-order valence-corrected chi connectivity index (χ4v) is 4.27. The van der Waals surface area contributed by atoms with E-state index in [1.165, 1.54) is 6.33 Å². The molecule has 2 aromatic carbocycles. The highest BCUT2D eigenvalue weighted by atomic mass is 16.2. The van der Waals surface area contributed by atoms with E-state index < -0.39 is 0 Å². The number of hydrazone groups is 1. The van der Waals surface area contributed by atoms with Crippen LogP contribution in [0.25, 0.3) is 16.7 Å². The standard InChI is InChI=1S/C27H31N9O/c1-33(2)12-13-34-14-16-35(17-15-34)27(37)22-10-8-21(9-11-22)18-30-32-25-24-19-31-36(26(24)29-20-28-25)23-6-4-3-5-7-23/h3-11,18-20H,12-17H2,1-2H3,(H,28,29,32). The number of amides is 1. The Kier molecular flexibility index (Phi) is 7.48. The zero-order valence-electron chi connectivity index (χ0n) is 21.2. The highest BCUT2D eigenvalue weighted by molar-refractivity contribution is 5.95. The van der Waals surface area contributed by atoms with E-state index in [4.69, 9.17) is 0 Å². The van der Waals surface area contributed by atoms with Gasteiger partial charge >= 0.3 is 0 Å². The van der Waals surface area contributed by atoms with Crippen molar-refractivity contribution in [3.05, 3.63) is 78.2 Å². The molecule has 10 nitrogen and oxygen atoms in total. The van der Waals surface area contributed by atoms with Crippen LogP contribution in [-0.4, -0.2) is 99.9 Å². The molecule has 1 N–H and O–H groups in total. The molecule has 2 aromatic heterocycles. The third-order valence-electron chi connectivity index (χ3n) is 6.43. The van der Waals surface area contributed by atoms with Crippen molar-refractivity contribution >= 4 is 29.0 Å². The van der Waals surface area contributed by atoms with Crippen molar-refractivity contribution in [2.24, 2.45) is 5.10 Å². The van der Waals surface area contributed by atoms with Gasteiger partial charge in [0.2, 0.25) is 0 Å². The maximum Gasteiger partial charge on any atom is 0.253 e. The van der Waals surface area contributed by atoms with Crippen molar-refractivity contribution in [1.29, 1.82) is 0 Å². The molecule has 1 aliphatic rings. The van der Waals surface area contributed by atoms with E-state index in [1.54, 1.807) is 17.1 Å². The van der Waals surface area contributed by atoms with Crippen molar-refractivity contribution in [2.45, 2.75) is 0 Å². The van der Waals surface area contributed by atoms with E-state index in [0.717, 1.165) is 55.9 Å². The van der Waals surface area contributed by atoms with Gasteiger partial charge in [0.1, 0.15) is 6.33 Å². The number of carbonyl (C=O) groups excluding carboxylic acids is 1. The molecule has 190 valence electrons. The van der Waals surface area contributed by atoms with Gasteiger partial charge in [-0.3, -0.25) is 15.1 Å². The summed E-state index contributed by atoms with van der Waals surface area (Å²) in [6, 6.07) is 17.3. The highest BCUT2D eigenvalue weighted by Gasteiger charge is 2.22. The fourth-order valence-electron chi connectivity index (χ4n) is 4.27. The second kappa shape index (κ2) is 11.3. The molecule has 0 unspecified atom stereocenters. The summed E-state index contributed by atoms with van der Waals surface area (Å²) in [6.45, 7) is 5.41. The number of para-hydroxylation sites is 1. The quantitative estimate of drug-likeness (QED) is 0.295. The molecule has 3 heterocycles. The summed E-state index contributed by atoms with van der Waals surface area (Å²) in [5, 5.41) is 9.57. The van der Waals surface area contributed by atoms with Gasteiger partial charge in [0.25, 0.3) is 5.91 Å². The smallest absolute Gasteiger partial charge is 0.253 e. The lowest BCUT2D eigenvalue weighted by Crippen LogP contribution is -2.49. The van der Waals surface area contributed by atoms with E-state index in [1.807, 2.05) is 59.5 Å². The van der Waals surface area contributed by atoms with Crippen LogP contribution < -0.4 is 5.43 Å². The van der Waals surface area contributed by atoms with Crippen molar-refractivity contribution < 1.29 is 4.79 Å². The van der Waals surface area contributed by atoms with Gasteiger partial charge in [-0.2, -0.15) is 10.2 Å². The first kappa shape index (κ1) is 24.5. The lowest BCUT2D eigenvalue weighted by Gasteiger charge is -2.35. The zero-order valence-corrected chi connectivity index (χ0v) is 21.2. The molecule has 10 heteroatoms. The third-order valence-corrected chi connectivity index (χ3v) is 6.43. The van der Waals surface area contributed by atoms with Crippen LogP contribution in [0.1, 0.15) is 15.9 Å². The number of piperazine rings is 1. The SMILES string of the molecule is CN(C)CCN1CCN(C(=O)c2ccc(C=NNc3ncnc4c3cnn4-c3ccccc3)cc2)CC1. The number of benzene rings is 2. The predicted octanol–water partition coefficient (Wildman–Crippen LogP) is 2.58. The summed E-state index contributed by atoms with van der Waals surface area (Å²) in [7, 11) is 4.17. The number of hydrogen-bond donors (Lipinski definition) is 1. The number of likely N-dealkylation sites (N-methyl/N-ethyl adjacent to an activating group) is 1. The number of aromatic nitrogens is 4. The van der Waals surface area contributed by atoms with Crippen molar-refractivity contribution in [2.75, 3.05) is 58.8 Å². The largest absolute Gasteiger partial charge is 0.336 e. The van der Waals surface area contributed by atoms with Gasteiger partial charge < -0.3 is 9.80 Å². The van der Waals surface area contributed by atoms with Crippen LogP contribution in [-0.2, 0) is 0 Å². The Balaban J connectivity index is 1.19. The maximum absolute atomic E-state index is 12.9. The Labute approximate surface area is 216 Å². The number of hydrogen-bond acceptors (Lipinski definition) is 8. The topological polar surface area (TPSA) is 94.8 Å². The first-order valence-electron chi connectivity index (χ1n) is 12.4. The van der Waals surface area contributed by atoms with Gasteiger partial charge in [-0.1, -0.05) is 30.3 Å². The van der Waals surface area contributed by atoms with Gasteiger partial charge in [0.05, 0.1) is 23.5 Å². The molecule has 0 radical (unpaired) electrons. The molecule has 0 atom stereocenters. The summed E-state index contributed by atoms with van der Waals surface area (Å²) in [5.74, 6) is 0.646. The highest BCUT2D eigenvalue weighted by Crippen LogP contribution is 2.21. The van der Waals surface area contributed by atoms with Crippen LogP contribution in [0, 0.1) is 0 Å². The number of rotatable bonds is 8. The second-order valence-corrected chi connectivity index (χ2v) is 9.28. The maximum atomic E-state index is 12.9. The van der Waals surface area contributed by atoms with Gasteiger partial charge in [0, 0.05) is 44.8 Å². The number of carbonyl (C=O) groups is 1. The Hall–Kier alpha value is -4.15. The van der Waals surface area contributed by atoms with E-state index in [2.05, 4.69) is 49.5 Å². The molecule has 4 aromatic rings. The van der Waals surface area contributed by atoms with Crippen molar-refractivity contribution in [3.63, 3.8) is 0 Å². The normalized spacial score (nSPS) is 14.6. The van der Waals surface area contributed by atoms with Crippen LogP contribution in [0.15, 0.2) is 72.2 Å². The zero-order chi connectivity index (χ0) is 25.6. The van der Waals surface area contributed by atoms with Gasteiger partial charge in [-0.15, -0.1) is 0 Å². The van der Waals surface area contributed by atoms with Gasteiger partial charge in [0.15, 0.2) is 11.5 Å². The lowest BCUT2D eigenvalue weighted by molar-refractivity contribution is 0.0629. The third kappa shape index (κ3) is 5.82. The summed E-state index contributed by atoms with van der Waals surface area (Å²) in [4.78, 5) is 28.2.